The summed E-state index contributed by atoms with van der Waals surface area (Å²) in [5, 5.41) is 8.42. The van der Waals surface area contributed by atoms with E-state index in [4.69, 9.17) is 16.6 Å². The summed E-state index contributed by atoms with van der Waals surface area (Å²) < 4.78 is 4.32. The fraction of sp³-hybridized carbons (Fsp3) is 0.357. The molecule has 2 atom stereocenters. The smallest absolute Gasteiger partial charge is 0.330 e. The van der Waals surface area contributed by atoms with Gasteiger partial charge in [-0.2, -0.15) is 0 Å². The predicted molar refractivity (Wildman–Crippen MR) is 84.9 cm³/mol. The van der Waals surface area contributed by atoms with Gasteiger partial charge in [0.1, 0.15) is 12.1 Å². The van der Waals surface area contributed by atoms with Gasteiger partial charge in [0.25, 0.3) is 0 Å². The molecular formula is C14H20N6O5. The summed E-state index contributed by atoms with van der Waals surface area (Å²) in [6.07, 6.45) is 6.65. The third-order valence-corrected chi connectivity index (χ3v) is 2.85. The van der Waals surface area contributed by atoms with Crippen LogP contribution >= 0.6 is 0 Å². The van der Waals surface area contributed by atoms with Crippen LogP contribution in [-0.4, -0.2) is 55.0 Å². The number of carboxylic acid groups (broad SMARTS) is 1. The van der Waals surface area contributed by atoms with Gasteiger partial charge in [0.05, 0.1) is 12.7 Å². The monoisotopic (exact) mass is 352 g/mol. The lowest BCUT2D eigenvalue weighted by molar-refractivity contribution is -0.159. The van der Waals surface area contributed by atoms with Crippen LogP contribution in [0.5, 0.6) is 0 Å². The molecule has 0 fully saturated rings. The molecule has 2 heterocycles. The lowest BCUT2D eigenvalue weighted by Crippen LogP contribution is -2.35. The molecule has 0 aliphatic rings. The SMILES string of the molecule is CC(=O)OC(=O)[C@@H](N)Cc1cnc[nH]1.N[C@@H](Cc1cnc[nH]1)C(=O)O. The summed E-state index contributed by atoms with van der Waals surface area (Å²) in [6, 6.07) is -1.70. The van der Waals surface area contributed by atoms with Gasteiger partial charge in [-0.25, -0.2) is 14.8 Å². The second-order valence-electron chi connectivity index (χ2n) is 5.03. The highest BCUT2D eigenvalue weighted by Gasteiger charge is 2.17. The van der Waals surface area contributed by atoms with E-state index in [0.717, 1.165) is 18.3 Å². The second-order valence-corrected chi connectivity index (χ2v) is 5.03. The second kappa shape index (κ2) is 9.95. The summed E-state index contributed by atoms with van der Waals surface area (Å²) in [5.41, 5.74) is 12.2. The molecule has 2 rings (SSSR count). The number of aromatic amines is 2. The number of aliphatic carboxylic acids is 1. The van der Waals surface area contributed by atoms with E-state index in [0.29, 0.717) is 0 Å². The largest absolute Gasteiger partial charge is 0.480 e. The molecule has 0 aromatic carbocycles. The number of hydrogen-bond donors (Lipinski definition) is 5. The van der Waals surface area contributed by atoms with Crippen molar-refractivity contribution in [1.29, 1.82) is 0 Å². The van der Waals surface area contributed by atoms with Gasteiger partial charge in [0.2, 0.25) is 0 Å². The van der Waals surface area contributed by atoms with E-state index in [-0.39, 0.29) is 12.8 Å². The van der Waals surface area contributed by atoms with Crippen LogP contribution in [0, 0.1) is 0 Å². The van der Waals surface area contributed by atoms with Gasteiger partial charge in [-0.15, -0.1) is 0 Å². The number of nitrogens with two attached hydrogens (primary N) is 2. The Bertz CT molecular complexity index is 670. The highest BCUT2D eigenvalue weighted by Crippen LogP contribution is 1.98. The van der Waals surface area contributed by atoms with Crippen molar-refractivity contribution < 1.29 is 24.2 Å². The standard InChI is InChI=1S/C8H11N3O3.C6H9N3O2/c1-5(12)14-8(13)7(9)2-6-3-10-4-11-6;7-5(6(10)11)1-4-2-8-3-9-4/h3-4,7H,2,9H2,1H3,(H,10,11);2-3,5H,1,7H2,(H,8,9)(H,10,11)/t7-;5-/m00/s1. The number of carbonyl (C=O) groups excluding carboxylic acids is 2. The van der Waals surface area contributed by atoms with Gasteiger partial charge in [-0.3, -0.25) is 9.59 Å². The molecule has 136 valence electrons. The predicted octanol–water partition coefficient (Wildman–Crippen LogP) is -1.27. The molecule has 11 nitrogen and oxygen atoms in total. The van der Waals surface area contributed by atoms with Gasteiger partial charge in [-0.05, 0) is 0 Å². The van der Waals surface area contributed by atoms with Crippen molar-refractivity contribution in [2.45, 2.75) is 31.8 Å². The van der Waals surface area contributed by atoms with Crippen LogP contribution in [0.25, 0.3) is 0 Å². The van der Waals surface area contributed by atoms with Gasteiger partial charge in [0, 0.05) is 43.5 Å². The van der Waals surface area contributed by atoms with Gasteiger partial charge < -0.3 is 31.3 Å². The maximum absolute atomic E-state index is 11.1. The Kier molecular flexibility index (Phi) is 7.96. The first-order valence-electron chi connectivity index (χ1n) is 7.20. The number of ether oxygens (including phenoxy) is 1. The number of nitrogens with one attached hydrogen (secondary N) is 2. The Morgan fingerprint density at radius 2 is 1.56 bits per heavy atom. The first-order valence-corrected chi connectivity index (χ1v) is 7.20. The summed E-state index contributed by atoms with van der Waals surface area (Å²) in [5.74, 6) is -2.39. The number of carboxylic acids is 1. The van der Waals surface area contributed by atoms with Crippen LogP contribution in [0.2, 0.25) is 0 Å². The van der Waals surface area contributed by atoms with E-state index in [1.54, 1.807) is 12.4 Å². The van der Waals surface area contributed by atoms with E-state index in [1.807, 2.05) is 0 Å². The average molecular weight is 352 g/mol. The Balaban J connectivity index is 0.000000257. The molecule has 0 aliphatic carbocycles. The first-order chi connectivity index (χ1) is 11.8. The quantitative estimate of drug-likeness (QED) is 0.311. The molecule has 2 aromatic heterocycles. The van der Waals surface area contributed by atoms with Gasteiger partial charge in [0.15, 0.2) is 0 Å². The van der Waals surface area contributed by atoms with Crippen molar-refractivity contribution in [3.63, 3.8) is 0 Å². The number of aromatic nitrogens is 4. The zero-order valence-corrected chi connectivity index (χ0v) is 13.5. The molecule has 0 aliphatic heterocycles. The van der Waals surface area contributed by atoms with Gasteiger partial charge in [-0.1, -0.05) is 0 Å². The van der Waals surface area contributed by atoms with Crippen molar-refractivity contribution in [3.8, 4) is 0 Å². The highest BCUT2D eigenvalue weighted by molar-refractivity contribution is 5.87. The van der Waals surface area contributed by atoms with E-state index in [1.165, 1.54) is 12.7 Å². The number of H-pyrrole nitrogens is 2. The van der Waals surface area contributed by atoms with E-state index in [9.17, 15) is 14.4 Å². The average Bonchev–Trinajstić information content (AvgIpc) is 3.20. The van der Waals surface area contributed by atoms with Crippen LogP contribution in [0.1, 0.15) is 18.3 Å². The molecule has 11 heteroatoms. The summed E-state index contributed by atoms with van der Waals surface area (Å²) in [6.45, 7) is 1.15. The molecule has 2 aromatic rings. The van der Waals surface area contributed by atoms with Crippen molar-refractivity contribution >= 4 is 17.9 Å². The number of carbonyl (C=O) groups is 3. The third kappa shape index (κ3) is 7.85. The first kappa shape index (κ1) is 20.0. The number of rotatable bonds is 6. The molecule has 0 bridgehead atoms. The fourth-order valence-corrected chi connectivity index (χ4v) is 1.65. The maximum atomic E-state index is 11.1. The molecule has 0 saturated carbocycles. The van der Waals surface area contributed by atoms with Crippen molar-refractivity contribution in [3.05, 3.63) is 36.4 Å². The topological polar surface area (TPSA) is 190 Å². The summed E-state index contributed by atoms with van der Waals surface area (Å²) in [4.78, 5) is 44.8. The molecule has 25 heavy (non-hydrogen) atoms. The lowest BCUT2D eigenvalue weighted by atomic mass is 10.2. The van der Waals surface area contributed by atoms with Gasteiger partial charge >= 0.3 is 17.9 Å². The number of nitrogens with zero attached hydrogens (tertiary/aromatic N) is 2. The molecular weight excluding hydrogens is 332 g/mol. The van der Waals surface area contributed by atoms with Crippen molar-refractivity contribution in [2.24, 2.45) is 11.5 Å². The van der Waals surface area contributed by atoms with E-state index in [2.05, 4.69) is 24.7 Å². The van der Waals surface area contributed by atoms with E-state index >= 15 is 0 Å². The highest BCUT2D eigenvalue weighted by atomic mass is 16.6. The minimum absolute atomic E-state index is 0.270. The van der Waals surface area contributed by atoms with Crippen LogP contribution in [0.4, 0.5) is 0 Å². The molecule has 7 N–H and O–H groups in total. The number of hydrogen-bond acceptors (Lipinski definition) is 8. The normalized spacial score (nSPS) is 12.4. The molecule has 0 unspecified atom stereocenters. The molecule has 0 radical (unpaired) electrons. The van der Waals surface area contributed by atoms with Crippen LogP contribution in [-0.2, 0) is 32.0 Å². The number of esters is 2. The third-order valence-electron chi connectivity index (χ3n) is 2.85. The minimum atomic E-state index is -1.00. The molecule has 0 saturated heterocycles. The summed E-state index contributed by atoms with van der Waals surface area (Å²) >= 11 is 0. The van der Waals surface area contributed by atoms with E-state index < -0.39 is 30.0 Å². The van der Waals surface area contributed by atoms with Crippen LogP contribution in [0.15, 0.2) is 25.0 Å². The Morgan fingerprint density at radius 3 is 1.92 bits per heavy atom. The zero-order valence-electron chi connectivity index (χ0n) is 13.5. The molecule has 0 amide bonds. The summed E-state index contributed by atoms with van der Waals surface area (Å²) in [7, 11) is 0. The van der Waals surface area contributed by atoms with Crippen molar-refractivity contribution in [1.82, 2.24) is 19.9 Å². The lowest BCUT2D eigenvalue weighted by Gasteiger charge is -2.07. The minimum Gasteiger partial charge on any atom is -0.480 e. The maximum Gasteiger partial charge on any atom is 0.330 e. The Labute approximate surface area is 142 Å². The van der Waals surface area contributed by atoms with Crippen molar-refractivity contribution in [2.75, 3.05) is 0 Å². The molecule has 0 spiro atoms. The zero-order chi connectivity index (χ0) is 18.8. The van der Waals surface area contributed by atoms with Crippen LogP contribution in [0.3, 0.4) is 0 Å². The van der Waals surface area contributed by atoms with Crippen LogP contribution < -0.4 is 11.5 Å². The Morgan fingerprint density at radius 1 is 1.08 bits per heavy atom. The number of imidazole rings is 2. The fourth-order valence-electron chi connectivity index (χ4n) is 1.65. The Hall–Kier alpha value is -3.05.